The Hall–Kier alpha value is -3.48. The molecule has 1 fully saturated rings. The van der Waals surface area contributed by atoms with Crippen molar-refractivity contribution in [2.45, 2.75) is 31.1 Å². The van der Waals surface area contributed by atoms with Crippen LogP contribution in [0.3, 0.4) is 0 Å². The van der Waals surface area contributed by atoms with E-state index in [9.17, 15) is 22.8 Å². The standard InChI is InChI=1S/C20H18F3N5O2/c1-27-18(30)26-15-10-13(11-28-9-8-25-16(24)17(28)29)4-5-14(15)19(27,20(21,22)23)7-6-12-2-3-12/h4-5,8-10,12H,2-3,11H2,1H3,(H2,24,25)(H,26,30)/t19-/m0/s1. The third-order valence-electron chi connectivity index (χ3n) is 5.26. The van der Waals surface area contributed by atoms with Crippen LogP contribution >= 0.6 is 0 Å². The molecule has 4 rings (SSSR count). The molecule has 10 heteroatoms. The number of fused-ring (bicyclic) bond motifs is 1. The van der Waals surface area contributed by atoms with E-state index in [1.807, 2.05) is 0 Å². The van der Waals surface area contributed by atoms with Gasteiger partial charge in [0.15, 0.2) is 5.82 Å². The van der Waals surface area contributed by atoms with Gasteiger partial charge in [0.05, 0.1) is 6.54 Å². The van der Waals surface area contributed by atoms with Crippen LogP contribution < -0.4 is 16.6 Å². The number of nitrogens with two attached hydrogens (primary N) is 1. The van der Waals surface area contributed by atoms with Crippen LogP contribution in [0.4, 0.5) is 29.5 Å². The summed E-state index contributed by atoms with van der Waals surface area (Å²) in [4.78, 5) is 28.8. The molecule has 2 amide bonds. The van der Waals surface area contributed by atoms with Crippen molar-refractivity contribution >= 4 is 17.5 Å². The van der Waals surface area contributed by atoms with Gasteiger partial charge in [-0.25, -0.2) is 9.78 Å². The monoisotopic (exact) mass is 417 g/mol. The van der Waals surface area contributed by atoms with Crippen LogP contribution in [0.5, 0.6) is 0 Å². The van der Waals surface area contributed by atoms with Crippen molar-refractivity contribution in [2.75, 3.05) is 18.1 Å². The summed E-state index contributed by atoms with van der Waals surface area (Å²) in [5, 5.41) is 2.49. The van der Waals surface area contributed by atoms with Crippen LogP contribution in [0.25, 0.3) is 0 Å². The first-order valence-electron chi connectivity index (χ1n) is 9.22. The molecule has 7 nitrogen and oxygen atoms in total. The van der Waals surface area contributed by atoms with Gasteiger partial charge in [-0.1, -0.05) is 24.0 Å². The number of halogens is 3. The van der Waals surface area contributed by atoms with Gasteiger partial charge in [-0.3, -0.25) is 9.69 Å². The van der Waals surface area contributed by atoms with Gasteiger partial charge in [0.1, 0.15) is 0 Å². The van der Waals surface area contributed by atoms with Crippen LogP contribution in [-0.4, -0.2) is 33.7 Å². The molecule has 1 atom stereocenters. The smallest absolute Gasteiger partial charge is 0.379 e. The maximum Gasteiger partial charge on any atom is 0.427 e. The largest absolute Gasteiger partial charge is 0.427 e. The van der Waals surface area contributed by atoms with Crippen LogP contribution in [0.1, 0.15) is 24.0 Å². The summed E-state index contributed by atoms with van der Waals surface area (Å²) in [7, 11) is 1.08. The minimum atomic E-state index is -4.81. The number of carbonyl (C=O) groups excluding carboxylic acids is 1. The summed E-state index contributed by atoms with van der Waals surface area (Å²) in [5.41, 5.74) is 2.62. The Morgan fingerprint density at radius 2 is 2.07 bits per heavy atom. The molecule has 1 aliphatic heterocycles. The summed E-state index contributed by atoms with van der Waals surface area (Å²) in [6.07, 6.45) is -0.521. The second-order valence-electron chi connectivity index (χ2n) is 7.37. The third kappa shape index (κ3) is 3.16. The van der Waals surface area contributed by atoms with Gasteiger partial charge < -0.3 is 15.6 Å². The normalized spacial score (nSPS) is 20.8. The minimum absolute atomic E-state index is 0.00750. The molecule has 2 aliphatic rings. The van der Waals surface area contributed by atoms with Gasteiger partial charge in [-0.15, -0.1) is 0 Å². The van der Waals surface area contributed by atoms with Gasteiger partial charge >= 0.3 is 12.2 Å². The van der Waals surface area contributed by atoms with E-state index in [0.29, 0.717) is 10.5 Å². The lowest BCUT2D eigenvalue weighted by atomic mass is 9.84. The van der Waals surface area contributed by atoms with Crippen molar-refractivity contribution in [3.63, 3.8) is 0 Å². The van der Waals surface area contributed by atoms with Gasteiger partial charge in [0, 0.05) is 36.6 Å². The molecular formula is C20H18F3N5O2. The molecule has 0 unspecified atom stereocenters. The molecule has 156 valence electrons. The number of alkyl halides is 3. The molecule has 30 heavy (non-hydrogen) atoms. The number of hydrogen-bond acceptors (Lipinski definition) is 4. The van der Waals surface area contributed by atoms with Gasteiger partial charge in [-0.2, -0.15) is 13.2 Å². The van der Waals surface area contributed by atoms with Crippen molar-refractivity contribution in [2.24, 2.45) is 5.92 Å². The van der Waals surface area contributed by atoms with E-state index in [4.69, 9.17) is 5.73 Å². The molecule has 0 spiro atoms. The van der Waals surface area contributed by atoms with Crippen molar-refractivity contribution in [3.8, 4) is 11.8 Å². The highest BCUT2D eigenvalue weighted by atomic mass is 19.4. The van der Waals surface area contributed by atoms with E-state index in [2.05, 4.69) is 22.1 Å². The number of urea groups is 1. The molecule has 0 bridgehead atoms. The van der Waals surface area contributed by atoms with Crippen LogP contribution in [0.2, 0.25) is 0 Å². The predicted molar refractivity (Wildman–Crippen MR) is 103 cm³/mol. The third-order valence-corrected chi connectivity index (χ3v) is 5.26. The Morgan fingerprint density at radius 3 is 2.73 bits per heavy atom. The number of nitrogens with zero attached hydrogens (tertiary/aromatic N) is 3. The fourth-order valence-corrected chi connectivity index (χ4v) is 3.43. The molecule has 1 saturated carbocycles. The van der Waals surface area contributed by atoms with Crippen molar-refractivity contribution in [1.29, 1.82) is 0 Å². The number of nitrogens with one attached hydrogen (secondary N) is 1. The van der Waals surface area contributed by atoms with E-state index in [1.54, 1.807) is 0 Å². The summed E-state index contributed by atoms with van der Waals surface area (Å²) in [6, 6.07) is 3.28. The first-order chi connectivity index (χ1) is 14.1. The number of rotatable bonds is 2. The molecule has 0 radical (unpaired) electrons. The van der Waals surface area contributed by atoms with E-state index >= 15 is 0 Å². The number of carbonyl (C=O) groups is 1. The number of benzene rings is 1. The van der Waals surface area contributed by atoms with Crippen molar-refractivity contribution in [1.82, 2.24) is 14.5 Å². The zero-order valence-corrected chi connectivity index (χ0v) is 16.0. The Kier molecular flexibility index (Phi) is 4.49. The topological polar surface area (TPSA) is 93.2 Å². The SMILES string of the molecule is CN1C(=O)Nc2cc(Cn3ccnc(N)c3=O)ccc2[C@@]1(C#CC1CC1)C(F)(F)F. The number of amides is 2. The summed E-state index contributed by atoms with van der Waals surface area (Å²) < 4.78 is 44.3. The Bertz CT molecular complexity index is 1140. The van der Waals surface area contributed by atoms with E-state index in [1.165, 1.54) is 35.2 Å². The van der Waals surface area contributed by atoms with E-state index < -0.39 is 23.3 Å². The van der Waals surface area contributed by atoms with Gasteiger partial charge in [-0.05, 0) is 24.5 Å². The predicted octanol–water partition coefficient (Wildman–Crippen LogP) is 2.52. The van der Waals surface area contributed by atoms with Crippen molar-refractivity contribution < 1.29 is 18.0 Å². The zero-order valence-electron chi connectivity index (χ0n) is 16.0. The Balaban J connectivity index is 1.82. The number of aromatic nitrogens is 2. The number of nitrogen functional groups attached to an aromatic ring is 1. The molecule has 1 aliphatic carbocycles. The molecule has 1 aromatic carbocycles. The average molecular weight is 417 g/mol. The van der Waals surface area contributed by atoms with Gasteiger partial charge in [0.25, 0.3) is 5.56 Å². The second kappa shape index (κ2) is 6.79. The van der Waals surface area contributed by atoms with Crippen LogP contribution in [0.15, 0.2) is 35.4 Å². The van der Waals surface area contributed by atoms with E-state index in [-0.39, 0.29) is 29.5 Å². The lowest BCUT2D eigenvalue weighted by Crippen LogP contribution is -2.59. The van der Waals surface area contributed by atoms with Gasteiger partial charge in [0.2, 0.25) is 5.54 Å². The van der Waals surface area contributed by atoms with Crippen LogP contribution in [-0.2, 0) is 12.1 Å². The molecule has 0 saturated heterocycles. The first kappa shape index (κ1) is 19.8. The first-order valence-corrected chi connectivity index (χ1v) is 9.22. The fraction of sp³-hybridized carbons (Fsp3) is 0.350. The van der Waals surface area contributed by atoms with E-state index in [0.717, 1.165) is 19.9 Å². The highest BCUT2D eigenvalue weighted by Crippen LogP contribution is 2.48. The lowest BCUT2D eigenvalue weighted by Gasteiger charge is -2.43. The second-order valence-corrected chi connectivity index (χ2v) is 7.37. The Labute approximate surface area is 169 Å². The molecule has 2 heterocycles. The maximum absolute atomic E-state index is 14.3. The molecule has 2 aromatic rings. The Morgan fingerprint density at radius 1 is 1.33 bits per heavy atom. The highest BCUT2D eigenvalue weighted by Gasteiger charge is 2.62. The molecular weight excluding hydrogens is 399 g/mol. The quantitative estimate of drug-likeness (QED) is 0.735. The number of anilines is 2. The average Bonchev–Trinajstić information content (AvgIpc) is 3.49. The fourth-order valence-electron chi connectivity index (χ4n) is 3.43. The summed E-state index contributed by atoms with van der Waals surface area (Å²) in [5.74, 6) is 4.79. The zero-order chi connectivity index (χ0) is 21.7. The lowest BCUT2D eigenvalue weighted by molar-refractivity contribution is -0.203. The number of hydrogen-bond donors (Lipinski definition) is 2. The maximum atomic E-state index is 14.3. The van der Waals surface area contributed by atoms with Crippen molar-refractivity contribution in [3.05, 3.63) is 52.1 Å². The molecule has 3 N–H and O–H groups in total. The minimum Gasteiger partial charge on any atom is -0.379 e. The summed E-state index contributed by atoms with van der Waals surface area (Å²) >= 11 is 0. The highest BCUT2D eigenvalue weighted by molar-refractivity contribution is 5.94. The summed E-state index contributed by atoms with van der Waals surface area (Å²) in [6.45, 7) is 0.0529. The molecule has 1 aromatic heterocycles. The van der Waals surface area contributed by atoms with Crippen LogP contribution in [0, 0.1) is 17.8 Å².